The summed E-state index contributed by atoms with van der Waals surface area (Å²) in [5.41, 5.74) is 2.09. The number of fused-ring (bicyclic) bond motifs is 1. The van der Waals surface area contributed by atoms with Gasteiger partial charge in [0.2, 0.25) is 0 Å². The summed E-state index contributed by atoms with van der Waals surface area (Å²) in [5, 5.41) is 1.00. The van der Waals surface area contributed by atoms with Crippen molar-refractivity contribution in [2.24, 2.45) is 0 Å². The summed E-state index contributed by atoms with van der Waals surface area (Å²) in [5.74, 6) is -0.383. The monoisotopic (exact) mass is 204 g/mol. The number of aromatic nitrogens is 2. The van der Waals surface area contributed by atoms with Gasteiger partial charge in [0.05, 0.1) is 6.61 Å². The van der Waals surface area contributed by atoms with Crippen LogP contribution in [-0.2, 0) is 4.74 Å². The van der Waals surface area contributed by atoms with E-state index < -0.39 is 0 Å². The predicted octanol–water partition coefficient (Wildman–Crippen LogP) is 2.05. The van der Waals surface area contributed by atoms with E-state index in [1.165, 1.54) is 0 Å². The fourth-order valence-corrected chi connectivity index (χ4v) is 1.46. The molecule has 1 N–H and O–H groups in total. The van der Waals surface area contributed by atoms with E-state index in [1.807, 2.05) is 19.1 Å². The molecule has 4 nitrogen and oxygen atoms in total. The first-order valence-corrected chi connectivity index (χ1v) is 4.84. The number of carbonyl (C=O) groups excluding carboxylic acids is 1. The fraction of sp³-hybridized carbons (Fsp3) is 0.273. The van der Waals surface area contributed by atoms with Crippen molar-refractivity contribution in [3.05, 3.63) is 29.6 Å². The highest BCUT2D eigenvalue weighted by Crippen LogP contribution is 2.13. The van der Waals surface area contributed by atoms with Crippen LogP contribution in [0.2, 0.25) is 0 Å². The van der Waals surface area contributed by atoms with Gasteiger partial charge in [-0.05, 0) is 32.0 Å². The fourth-order valence-electron chi connectivity index (χ4n) is 1.46. The van der Waals surface area contributed by atoms with Crippen molar-refractivity contribution in [2.45, 2.75) is 13.8 Å². The Balaban J connectivity index is 2.41. The van der Waals surface area contributed by atoms with Crippen molar-refractivity contribution < 1.29 is 9.53 Å². The van der Waals surface area contributed by atoms with Crippen LogP contribution in [0.3, 0.4) is 0 Å². The SMILES string of the molecule is CCOC(=O)c1ccc2cc(C)[nH]c2n1. The van der Waals surface area contributed by atoms with Gasteiger partial charge in [-0.2, -0.15) is 0 Å². The van der Waals surface area contributed by atoms with Gasteiger partial charge in [0.1, 0.15) is 5.65 Å². The lowest BCUT2D eigenvalue weighted by Crippen LogP contribution is -2.06. The summed E-state index contributed by atoms with van der Waals surface area (Å²) in [7, 11) is 0. The zero-order chi connectivity index (χ0) is 10.8. The van der Waals surface area contributed by atoms with Crippen LogP contribution in [0.4, 0.5) is 0 Å². The average molecular weight is 204 g/mol. The normalized spacial score (nSPS) is 10.5. The van der Waals surface area contributed by atoms with E-state index in [-0.39, 0.29) is 5.97 Å². The number of nitrogens with zero attached hydrogens (tertiary/aromatic N) is 1. The van der Waals surface area contributed by atoms with E-state index in [9.17, 15) is 4.79 Å². The van der Waals surface area contributed by atoms with E-state index in [1.54, 1.807) is 13.0 Å². The number of ether oxygens (including phenoxy) is 1. The third kappa shape index (κ3) is 1.83. The Morgan fingerprint density at radius 3 is 3.07 bits per heavy atom. The first-order valence-electron chi connectivity index (χ1n) is 4.84. The standard InChI is InChI=1S/C11H12N2O2/c1-3-15-11(14)9-5-4-8-6-7(2)12-10(8)13-9/h4-6H,3H2,1-2H3,(H,12,13). The second-order valence-electron chi connectivity index (χ2n) is 3.31. The van der Waals surface area contributed by atoms with E-state index in [0.717, 1.165) is 16.7 Å². The first kappa shape index (κ1) is 9.71. The molecule has 0 aliphatic rings. The molecule has 0 fully saturated rings. The molecule has 0 aliphatic heterocycles. The predicted molar refractivity (Wildman–Crippen MR) is 56.8 cm³/mol. The molecule has 2 rings (SSSR count). The lowest BCUT2D eigenvalue weighted by atomic mass is 10.3. The molecule has 0 aromatic carbocycles. The van der Waals surface area contributed by atoms with Crippen LogP contribution in [0.25, 0.3) is 11.0 Å². The largest absolute Gasteiger partial charge is 0.461 e. The van der Waals surface area contributed by atoms with Gasteiger partial charge in [0, 0.05) is 11.1 Å². The summed E-state index contributed by atoms with van der Waals surface area (Å²) in [6.07, 6.45) is 0. The molecule has 4 heteroatoms. The summed E-state index contributed by atoms with van der Waals surface area (Å²) in [6, 6.07) is 5.52. The zero-order valence-electron chi connectivity index (χ0n) is 8.70. The molecule has 2 aromatic heterocycles. The van der Waals surface area contributed by atoms with Crippen LogP contribution in [0.5, 0.6) is 0 Å². The second kappa shape index (κ2) is 3.73. The molecule has 0 unspecified atom stereocenters. The number of pyridine rings is 1. The number of hydrogen-bond acceptors (Lipinski definition) is 3. The second-order valence-corrected chi connectivity index (χ2v) is 3.31. The number of H-pyrrole nitrogens is 1. The molecular weight excluding hydrogens is 192 g/mol. The van der Waals surface area contributed by atoms with Crippen LogP contribution in [0.1, 0.15) is 23.1 Å². The number of aromatic amines is 1. The summed E-state index contributed by atoms with van der Waals surface area (Å²) in [6.45, 7) is 4.09. The molecule has 0 spiro atoms. The molecule has 0 aliphatic carbocycles. The lowest BCUT2D eigenvalue weighted by molar-refractivity contribution is 0.0520. The number of hydrogen-bond donors (Lipinski definition) is 1. The molecule has 0 amide bonds. The molecule has 2 heterocycles. The van der Waals surface area contributed by atoms with Gasteiger partial charge in [-0.25, -0.2) is 9.78 Å². The average Bonchev–Trinajstić information content (AvgIpc) is 2.57. The molecular formula is C11H12N2O2. The quantitative estimate of drug-likeness (QED) is 0.761. The van der Waals surface area contributed by atoms with E-state index in [2.05, 4.69) is 9.97 Å². The summed E-state index contributed by atoms with van der Waals surface area (Å²) < 4.78 is 4.87. The van der Waals surface area contributed by atoms with Crippen LogP contribution in [-0.4, -0.2) is 22.5 Å². The van der Waals surface area contributed by atoms with Crippen LogP contribution in [0.15, 0.2) is 18.2 Å². The molecule has 78 valence electrons. The number of carbonyl (C=O) groups is 1. The third-order valence-electron chi connectivity index (χ3n) is 2.10. The Kier molecular flexibility index (Phi) is 2.41. The first-order chi connectivity index (χ1) is 7.20. The number of esters is 1. The minimum Gasteiger partial charge on any atom is -0.461 e. The van der Waals surface area contributed by atoms with Crippen molar-refractivity contribution in [2.75, 3.05) is 6.61 Å². The Hall–Kier alpha value is -1.84. The Bertz CT molecular complexity index is 502. The Morgan fingerprint density at radius 1 is 1.53 bits per heavy atom. The Labute approximate surface area is 87.3 Å². The molecule has 0 bridgehead atoms. The molecule has 0 atom stereocenters. The summed E-state index contributed by atoms with van der Waals surface area (Å²) in [4.78, 5) is 18.7. The van der Waals surface area contributed by atoms with Gasteiger partial charge < -0.3 is 9.72 Å². The van der Waals surface area contributed by atoms with Crippen molar-refractivity contribution in [1.82, 2.24) is 9.97 Å². The maximum absolute atomic E-state index is 11.4. The molecule has 0 saturated carbocycles. The number of nitrogens with one attached hydrogen (secondary N) is 1. The lowest BCUT2D eigenvalue weighted by Gasteiger charge is -2.00. The van der Waals surface area contributed by atoms with Gasteiger partial charge in [0.25, 0.3) is 0 Å². The van der Waals surface area contributed by atoms with E-state index in [4.69, 9.17) is 4.74 Å². The van der Waals surface area contributed by atoms with Gasteiger partial charge in [-0.15, -0.1) is 0 Å². The van der Waals surface area contributed by atoms with Crippen LogP contribution < -0.4 is 0 Å². The maximum atomic E-state index is 11.4. The molecule has 15 heavy (non-hydrogen) atoms. The smallest absolute Gasteiger partial charge is 0.356 e. The van der Waals surface area contributed by atoms with Gasteiger partial charge in [-0.1, -0.05) is 0 Å². The highest BCUT2D eigenvalue weighted by molar-refractivity contribution is 5.90. The minimum atomic E-state index is -0.383. The molecule has 0 saturated heterocycles. The maximum Gasteiger partial charge on any atom is 0.356 e. The zero-order valence-corrected chi connectivity index (χ0v) is 8.70. The van der Waals surface area contributed by atoms with Crippen molar-refractivity contribution in [3.63, 3.8) is 0 Å². The van der Waals surface area contributed by atoms with E-state index in [0.29, 0.717) is 12.3 Å². The van der Waals surface area contributed by atoms with Gasteiger partial charge >= 0.3 is 5.97 Å². The van der Waals surface area contributed by atoms with Crippen LogP contribution in [0, 0.1) is 6.92 Å². The molecule has 0 radical (unpaired) electrons. The Morgan fingerprint density at radius 2 is 2.33 bits per heavy atom. The number of rotatable bonds is 2. The van der Waals surface area contributed by atoms with Gasteiger partial charge in [-0.3, -0.25) is 0 Å². The van der Waals surface area contributed by atoms with Gasteiger partial charge in [0.15, 0.2) is 5.69 Å². The summed E-state index contributed by atoms with van der Waals surface area (Å²) >= 11 is 0. The highest BCUT2D eigenvalue weighted by Gasteiger charge is 2.09. The van der Waals surface area contributed by atoms with Crippen molar-refractivity contribution in [1.29, 1.82) is 0 Å². The third-order valence-corrected chi connectivity index (χ3v) is 2.10. The molecule has 2 aromatic rings. The minimum absolute atomic E-state index is 0.339. The van der Waals surface area contributed by atoms with Crippen LogP contribution >= 0.6 is 0 Å². The highest BCUT2D eigenvalue weighted by atomic mass is 16.5. The van der Waals surface area contributed by atoms with Crippen molar-refractivity contribution >= 4 is 17.0 Å². The topological polar surface area (TPSA) is 55.0 Å². The van der Waals surface area contributed by atoms with E-state index >= 15 is 0 Å². The van der Waals surface area contributed by atoms with Crippen molar-refractivity contribution in [3.8, 4) is 0 Å². The number of aryl methyl sites for hydroxylation is 1.